The van der Waals surface area contributed by atoms with Crippen LogP contribution < -0.4 is 11.1 Å². The van der Waals surface area contributed by atoms with Crippen LogP contribution in [-0.2, 0) is 20.8 Å². The third-order valence-electron chi connectivity index (χ3n) is 4.43. The Balaban J connectivity index is 2.18. The molecule has 156 valence electrons. The van der Waals surface area contributed by atoms with Crippen molar-refractivity contribution >= 4 is 17.8 Å². The van der Waals surface area contributed by atoms with Gasteiger partial charge in [-0.2, -0.15) is 0 Å². The van der Waals surface area contributed by atoms with Crippen LogP contribution in [0.3, 0.4) is 0 Å². The number of carboxylic acids is 1. The highest BCUT2D eigenvalue weighted by molar-refractivity contribution is 5.98. The zero-order chi connectivity index (χ0) is 22.3. The van der Waals surface area contributed by atoms with Gasteiger partial charge in [0, 0.05) is 11.6 Å². The molecule has 2 amide bonds. The summed E-state index contributed by atoms with van der Waals surface area (Å²) < 4.78 is 0. The highest BCUT2D eigenvalue weighted by atomic mass is 16.4. The number of benzene rings is 2. The van der Waals surface area contributed by atoms with Crippen LogP contribution in [0.2, 0.25) is 0 Å². The van der Waals surface area contributed by atoms with Gasteiger partial charge in [-0.15, -0.1) is 0 Å². The maximum atomic E-state index is 12.1. The molecule has 0 saturated carbocycles. The SMILES string of the molecule is C=C(CC(Cc1ccc(-c2cccc(C)c2)cc1)NC(=O)/C(O)=C/C(N)=O)C(=O)O. The Bertz CT molecular complexity index is 993. The summed E-state index contributed by atoms with van der Waals surface area (Å²) in [5.74, 6) is -3.92. The van der Waals surface area contributed by atoms with Crippen molar-refractivity contribution in [3.8, 4) is 11.1 Å². The van der Waals surface area contributed by atoms with Crippen molar-refractivity contribution in [3.05, 3.63) is 83.6 Å². The minimum atomic E-state index is -1.18. The van der Waals surface area contributed by atoms with E-state index < -0.39 is 29.6 Å². The van der Waals surface area contributed by atoms with Crippen molar-refractivity contribution in [2.24, 2.45) is 5.73 Å². The zero-order valence-electron chi connectivity index (χ0n) is 16.6. The lowest BCUT2D eigenvalue weighted by Crippen LogP contribution is -2.38. The van der Waals surface area contributed by atoms with Crippen LogP contribution >= 0.6 is 0 Å². The lowest BCUT2D eigenvalue weighted by molar-refractivity contribution is -0.133. The summed E-state index contributed by atoms with van der Waals surface area (Å²) in [4.78, 5) is 34.1. The van der Waals surface area contributed by atoms with Crippen molar-refractivity contribution in [3.63, 3.8) is 0 Å². The van der Waals surface area contributed by atoms with Gasteiger partial charge in [-0.3, -0.25) is 9.59 Å². The van der Waals surface area contributed by atoms with Crippen LogP contribution in [0.25, 0.3) is 11.1 Å². The van der Waals surface area contributed by atoms with Gasteiger partial charge in [-0.1, -0.05) is 60.7 Å². The second kappa shape index (κ2) is 10.1. The first-order chi connectivity index (χ1) is 14.2. The van der Waals surface area contributed by atoms with E-state index in [4.69, 9.17) is 10.8 Å². The summed E-state index contributed by atoms with van der Waals surface area (Å²) >= 11 is 0. The molecule has 0 heterocycles. The largest absolute Gasteiger partial charge is 0.503 e. The number of carbonyl (C=O) groups is 3. The number of carboxylic acid groups (broad SMARTS) is 1. The van der Waals surface area contributed by atoms with E-state index in [-0.39, 0.29) is 12.0 Å². The minimum Gasteiger partial charge on any atom is -0.503 e. The molecule has 2 rings (SSSR count). The number of nitrogens with two attached hydrogens (primary N) is 1. The molecule has 5 N–H and O–H groups in total. The van der Waals surface area contributed by atoms with E-state index in [1.165, 1.54) is 0 Å². The summed E-state index contributed by atoms with van der Waals surface area (Å²) in [6, 6.07) is 15.1. The number of aryl methyl sites for hydroxylation is 1. The third-order valence-corrected chi connectivity index (χ3v) is 4.43. The smallest absolute Gasteiger partial charge is 0.331 e. The molecule has 0 bridgehead atoms. The van der Waals surface area contributed by atoms with Gasteiger partial charge in [-0.05, 0) is 36.5 Å². The van der Waals surface area contributed by atoms with Gasteiger partial charge in [-0.25, -0.2) is 4.79 Å². The molecule has 7 nitrogen and oxygen atoms in total. The Morgan fingerprint density at radius 3 is 2.33 bits per heavy atom. The lowest BCUT2D eigenvalue weighted by Gasteiger charge is -2.19. The summed E-state index contributed by atoms with van der Waals surface area (Å²) in [5.41, 5.74) is 8.95. The number of primary amides is 1. The van der Waals surface area contributed by atoms with E-state index >= 15 is 0 Å². The predicted octanol–water partition coefficient (Wildman–Crippen LogP) is 2.65. The summed E-state index contributed by atoms with van der Waals surface area (Å²) in [6.07, 6.45) is 0.857. The fraction of sp³-hybridized carbons (Fsp3) is 0.174. The van der Waals surface area contributed by atoms with Gasteiger partial charge < -0.3 is 21.3 Å². The molecule has 0 aliphatic heterocycles. The van der Waals surface area contributed by atoms with Gasteiger partial charge in [0.1, 0.15) is 0 Å². The van der Waals surface area contributed by atoms with Crippen LogP contribution in [0.1, 0.15) is 17.5 Å². The average Bonchev–Trinajstić information content (AvgIpc) is 2.67. The topological polar surface area (TPSA) is 130 Å². The number of aliphatic carboxylic acids is 1. The van der Waals surface area contributed by atoms with Gasteiger partial charge in [0.15, 0.2) is 5.76 Å². The molecule has 0 aliphatic rings. The average molecular weight is 408 g/mol. The Kier molecular flexibility index (Phi) is 7.52. The van der Waals surface area contributed by atoms with Crippen molar-refractivity contribution < 1.29 is 24.6 Å². The maximum absolute atomic E-state index is 12.1. The van der Waals surface area contributed by atoms with Crippen molar-refractivity contribution in [1.82, 2.24) is 5.32 Å². The first-order valence-electron chi connectivity index (χ1n) is 9.23. The summed E-state index contributed by atoms with van der Waals surface area (Å²) in [6.45, 7) is 5.51. The highest BCUT2D eigenvalue weighted by Gasteiger charge is 2.19. The molecular formula is C23H24N2O5. The number of rotatable bonds is 9. The minimum absolute atomic E-state index is 0.0371. The van der Waals surface area contributed by atoms with Gasteiger partial charge in [0.2, 0.25) is 5.91 Å². The number of hydrogen-bond donors (Lipinski definition) is 4. The Hall–Kier alpha value is -3.87. The number of aliphatic hydroxyl groups excluding tert-OH is 1. The zero-order valence-corrected chi connectivity index (χ0v) is 16.6. The molecule has 7 heteroatoms. The number of aliphatic hydroxyl groups is 1. The standard InChI is InChI=1S/C23H24N2O5/c1-14-4-3-5-18(10-14)17-8-6-16(7-9-17)12-19(11-15(2)23(29)30)25-22(28)20(26)13-21(24)27/h3-10,13,19,26H,2,11-12H2,1H3,(H2,24,27)(H,25,28)(H,29,30)/b20-13-. The van der Waals surface area contributed by atoms with Crippen molar-refractivity contribution in [2.75, 3.05) is 0 Å². The number of amides is 2. The fourth-order valence-corrected chi connectivity index (χ4v) is 2.96. The molecule has 2 aromatic carbocycles. The molecule has 2 aromatic rings. The number of hydrogen-bond acceptors (Lipinski definition) is 4. The molecule has 1 unspecified atom stereocenters. The third kappa shape index (κ3) is 6.63. The van der Waals surface area contributed by atoms with Crippen molar-refractivity contribution in [1.29, 1.82) is 0 Å². The van der Waals surface area contributed by atoms with E-state index in [0.29, 0.717) is 12.5 Å². The van der Waals surface area contributed by atoms with Crippen LogP contribution in [-0.4, -0.2) is 34.0 Å². The van der Waals surface area contributed by atoms with E-state index in [1.54, 1.807) is 0 Å². The van der Waals surface area contributed by atoms with Gasteiger partial charge in [0.25, 0.3) is 5.91 Å². The second-order valence-electron chi connectivity index (χ2n) is 6.99. The maximum Gasteiger partial charge on any atom is 0.331 e. The molecule has 0 fully saturated rings. The number of carbonyl (C=O) groups excluding carboxylic acids is 2. The van der Waals surface area contributed by atoms with Crippen molar-refractivity contribution in [2.45, 2.75) is 25.8 Å². The first-order valence-corrected chi connectivity index (χ1v) is 9.23. The Labute approximate surface area is 174 Å². The lowest BCUT2D eigenvalue weighted by atomic mass is 9.97. The molecule has 0 saturated heterocycles. The van der Waals surface area contributed by atoms with Gasteiger partial charge in [0.05, 0.1) is 6.08 Å². The Morgan fingerprint density at radius 2 is 1.77 bits per heavy atom. The molecule has 0 spiro atoms. The second-order valence-corrected chi connectivity index (χ2v) is 6.99. The Morgan fingerprint density at radius 1 is 1.10 bits per heavy atom. The van der Waals surface area contributed by atoms with E-state index in [1.807, 2.05) is 49.4 Å². The van der Waals surface area contributed by atoms with E-state index in [2.05, 4.69) is 18.0 Å². The normalized spacial score (nSPS) is 12.1. The van der Waals surface area contributed by atoms with E-state index in [9.17, 15) is 19.5 Å². The summed E-state index contributed by atoms with van der Waals surface area (Å²) in [7, 11) is 0. The molecular weight excluding hydrogens is 384 g/mol. The van der Waals surface area contributed by atoms with Crippen LogP contribution in [0, 0.1) is 6.92 Å². The van der Waals surface area contributed by atoms with Gasteiger partial charge >= 0.3 is 5.97 Å². The quantitative estimate of drug-likeness (QED) is 0.374. The molecule has 30 heavy (non-hydrogen) atoms. The number of nitrogens with one attached hydrogen (secondary N) is 1. The highest BCUT2D eigenvalue weighted by Crippen LogP contribution is 2.22. The fourth-order valence-electron chi connectivity index (χ4n) is 2.96. The molecule has 0 radical (unpaired) electrons. The van der Waals surface area contributed by atoms with Crippen LogP contribution in [0.4, 0.5) is 0 Å². The van der Waals surface area contributed by atoms with Crippen LogP contribution in [0.5, 0.6) is 0 Å². The predicted molar refractivity (Wildman–Crippen MR) is 114 cm³/mol. The van der Waals surface area contributed by atoms with Crippen LogP contribution in [0.15, 0.2) is 72.5 Å². The molecule has 1 atom stereocenters. The summed E-state index contributed by atoms with van der Waals surface area (Å²) in [5, 5.41) is 21.3. The first kappa shape index (κ1) is 22.4. The molecule has 0 aliphatic carbocycles. The monoisotopic (exact) mass is 408 g/mol. The van der Waals surface area contributed by atoms with E-state index in [0.717, 1.165) is 22.3 Å². The molecule has 0 aromatic heterocycles.